The first-order chi connectivity index (χ1) is 4.47. The van der Waals surface area contributed by atoms with Gasteiger partial charge in [0, 0.05) is 14.5 Å². The van der Waals surface area contributed by atoms with Gasteiger partial charge >= 0.3 is 0 Å². The first-order valence-corrected chi connectivity index (χ1v) is 3.33. The van der Waals surface area contributed by atoms with Crippen molar-refractivity contribution in [1.82, 2.24) is 19.9 Å². The molecule has 5 heteroatoms. The summed E-state index contributed by atoms with van der Waals surface area (Å²) in [6.07, 6.45) is 3.25. The van der Waals surface area contributed by atoms with Crippen LogP contribution in [0.4, 0.5) is 0 Å². The molecule has 2 heterocycles. The highest BCUT2D eigenvalue weighted by molar-refractivity contribution is 7.32. The van der Waals surface area contributed by atoms with E-state index in [2.05, 4.69) is 19.9 Å². The van der Waals surface area contributed by atoms with Gasteiger partial charge in [-0.3, -0.25) is 4.86 Å². The summed E-state index contributed by atoms with van der Waals surface area (Å²) in [7, 11) is 0.982. The van der Waals surface area contributed by atoms with Crippen molar-refractivity contribution in [2.75, 3.05) is 0 Å². The van der Waals surface area contributed by atoms with E-state index in [1.807, 2.05) is 0 Å². The van der Waals surface area contributed by atoms with E-state index in [0.29, 0.717) is 0 Å². The molecular formula is C4H3N4P. The Balaban J connectivity index is 2.95. The predicted octanol–water partition coefficient (Wildman–Crippen LogP) is 0.933. The molecule has 2 aromatic heterocycles. The maximum Gasteiger partial charge on any atom is 0.188 e. The number of nitrogens with one attached hydrogen (secondary N) is 1. The van der Waals surface area contributed by atoms with Crippen LogP contribution in [0.1, 0.15) is 0 Å². The summed E-state index contributed by atoms with van der Waals surface area (Å²) in [6.45, 7) is 0. The van der Waals surface area contributed by atoms with Gasteiger partial charge in [0.05, 0.1) is 5.12 Å². The minimum absolute atomic E-state index is 0.756. The molecule has 4 nitrogen and oxygen atoms in total. The molecule has 0 aromatic carbocycles. The largest absolute Gasteiger partial charge is 0.257 e. The topological polar surface area (TPSA) is 54.5 Å². The van der Waals surface area contributed by atoms with E-state index in [4.69, 9.17) is 0 Å². The third kappa shape index (κ3) is 0.678. The van der Waals surface area contributed by atoms with Crippen molar-refractivity contribution in [2.24, 2.45) is 0 Å². The Morgan fingerprint density at radius 2 is 2.56 bits per heavy atom. The summed E-state index contributed by atoms with van der Waals surface area (Å²) in [5.74, 6) is 0. The van der Waals surface area contributed by atoms with Crippen LogP contribution in [0.15, 0.2) is 12.5 Å². The van der Waals surface area contributed by atoms with E-state index in [9.17, 15) is 0 Å². The lowest BCUT2D eigenvalue weighted by atomic mass is 10.6. The van der Waals surface area contributed by atoms with Gasteiger partial charge in [-0.15, -0.1) is 0 Å². The van der Waals surface area contributed by atoms with Crippen LogP contribution in [0.2, 0.25) is 0 Å². The van der Waals surface area contributed by atoms with E-state index >= 15 is 0 Å². The predicted molar refractivity (Wildman–Crippen MR) is 34.2 cm³/mol. The molecule has 0 aliphatic rings. The maximum absolute atomic E-state index is 3.91. The summed E-state index contributed by atoms with van der Waals surface area (Å²) >= 11 is 0. The van der Waals surface area contributed by atoms with Crippen molar-refractivity contribution in [2.45, 2.75) is 0 Å². The zero-order valence-corrected chi connectivity index (χ0v) is 5.34. The number of hydrogen-bond acceptors (Lipinski definition) is 3. The molecule has 0 spiro atoms. The van der Waals surface area contributed by atoms with Gasteiger partial charge in [-0.1, -0.05) is 0 Å². The Bertz CT molecular complexity index is 287. The molecular weight excluding hydrogens is 135 g/mol. The van der Waals surface area contributed by atoms with Gasteiger partial charge in [-0.05, 0) is 0 Å². The van der Waals surface area contributed by atoms with E-state index in [1.54, 1.807) is 6.20 Å². The van der Waals surface area contributed by atoms with E-state index in [1.165, 1.54) is 6.33 Å². The lowest BCUT2D eigenvalue weighted by molar-refractivity contribution is 1.13. The van der Waals surface area contributed by atoms with Crippen LogP contribution in [0.5, 0.6) is 0 Å². The van der Waals surface area contributed by atoms with Crippen LogP contribution >= 0.6 is 8.35 Å². The summed E-state index contributed by atoms with van der Waals surface area (Å²) in [6, 6.07) is 0. The Hall–Kier alpha value is -1.02. The van der Waals surface area contributed by atoms with E-state index < -0.39 is 0 Å². The highest BCUT2D eigenvalue weighted by atomic mass is 31.0. The zero-order valence-electron chi connectivity index (χ0n) is 4.44. The molecule has 0 aliphatic carbocycles. The highest BCUT2D eigenvalue weighted by Crippen LogP contribution is 2.13. The molecule has 2 rings (SSSR count). The van der Waals surface area contributed by atoms with Gasteiger partial charge in [0.25, 0.3) is 0 Å². The molecule has 0 atom stereocenters. The lowest BCUT2D eigenvalue weighted by Crippen LogP contribution is -1.75. The number of fused-ring (bicyclic) bond motifs is 1. The molecule has 0 saturated heterocycles. The number of nitrogens with zero attached hydrogens (tertiary/aromatic N) is 3. The van der Waals surface area contributed by atoms with Crippen LogP contribution < -0.4 is 0 Å². The third-order valence-electron chi connectivity index (χ3n) is 0.999. The van der Waals surface area contributed by atoms with E-state index in [-0.39, 0.29) is 0 Å². The molecule has 0 radical (unpaired) electrons. The van der Waals surface area contributed by atoms with Crippen molar-refractivity contribution >= 4 is 19.1 Å². The molecule has 1 N–H and O–H groups in total. The van der Waals surface area contributed by atoms with Crippen LogP contribution in [-0.2, 0) is 0 Å². The van der Waals surface area contributed by atoms with Crippen LogP contribution in [-0.4, -0.2) is 19.9 Å². The van der Waals surface area contributed by atoms with Crippen LogP contribution in [0.3, 0.4) is 0 Å². The first-order valence-electron chi connectivity index (χ1n) is 2.43. The summed E-state index contributed by atoms with van der Waals surface area (Å²) in [5.41, 5.74) is 0.756. The third-order valence-corrected chi connectivity index (χ3v) is 1.76. The maximum atomic E-state index is 3.91. The Labute approximate surface area is 52.5 Å². The van der Waals surface area contributed by atoms with Gasteiger partial charge in [0.15, 0.2) is 5.65 Å². The molecule has 0 saturated carbocycles. The van der Waals surface area contributed by atoms with Crippen molar-refractivity contribution in [3.8, 4) is 0 Å². The molecule has 0 amide bonds. The zero-order chi connectivity index (χ0) is 6.10. The standard InChI is InChI=1S/C4H3N4P/c1-3-4(6-2-5-1)7-8-9-3/h1-2H,(H,5,6,7,8). The second-order valence-electron chi connectivity index (χ2n) is 1.56. The Morgan fingerprint density at radius 3 is 3.44 bits per heavy atom. The van der Waals surface area contributed by atoms with Gasteiger partial charge in [0.2, 0.25) is 0 Å². The molecule has 0 unspecified atom stereocenters. The van der Waals surface area contributed by atoms with Crippen molar-refractivity contribution in [3.05, 3.63) is 12.5 Å². The van der Waals surface area contributed by atoms with Gasteiger partial charge in [-0.25, -0.2) is 9.97 Å². The van der Waals surface area contributed by atoms with Crippen LogP contribution in [0.25, 0.3) is 10.8 Å². The quantitative estimate of drug-likeness (QED) is 0.589. The molecule has 2 aromatic rings. The number of H-pyrrole nitrogens is 1. The Kier molecular flexibility index (Phi) is 0.932. The Morgan fingerprint density at radius 1 is 1.56 bits per heavy atom. The number of aromatic nitrogens is 4. The summed E-state index contributed by atoms with van der Waals surface area (Å²) < 4.78 is 0. The van der Waals surface area contributed by atoms with Crippen LogP contribution in [0, 0.1) is 0 Å². The first kappa shape index (κ1) is 4.82. The van der Waals surface area contributed by atoms with Crippen molar-refractivity contribution in [1.29, 1.82) is 0 Å². The van der Waals surface area contributed by atoms with E-state index in [0.717, 1.165) is 19.1 Å². The van der Waals surface area contributed by atoms with Gasteiger partial charge in [-0.2, -0.15) is 5.10 Å². The number of rotatable bonds is 0. The average molecular weight is 138 g/mol. The normalized spacial score (nSPS) is 11.1. The number of aromatic amines is 1. The monoisotopic (exact) mass is 138 g/mol. The molecule has 0 fully saturated rings. The SMILES string of the molecule is c1ncc2p[nH]nc2n1. The minimum Gasteiger partial charge on any atom is -0.257 e. The highest BCUT2D eigenvalue weighted by Gasteiger charge is 1.92. The van der Waals surface area contributed by atoms with Crippen molar-refractivity contribution in [3.63, 3.8) is 0 Å². The lowest BCUT2D eigenvalue weighted by Gasteiger charge is -1.78. The van der Waals surface area contributed by atoms with Crippen molar-refractivity contribution < 1.29 is 0 Å². The second kappa shape index (κ2) is 1.74. The second-order valence-corrected chi connectivity index (χ2v) is 2.46. The minimum atomic E-state index is 0.756. The fraction of sp³-hybridized carbons (Fsp3) is 0. The smallest absolute Gasteiger partial charge is 0.188 e. The molecule has 0 bridgehead atoms. The molecule has 0 aliphatic heterocycles. The fourth-order valence-electron chi connectivity index (χ4n) is 0.607. The summed E-state index contributed by atoms with van der Waals surface area (Å²) in [5, 5.41) is 4.93. The van der Waals surface area contributed by atoms with Gasteiger partial charge in [0.1, 0.15) is 6.33 Å². The van der Waals surface area contributed by atoms with Gasteiger partial charge < -0.3 is 0 Å². The summed E-state index contributed by atoms with van der Waals surface area (Å²) in [4.78, 5) is 10.5. The fourth-order valence-corrected chi connectivity index (χ4v) is 1.19. The molecule has 9 heavy (non-hydrogen) atoms. The molecule has 44 valence electrons. The average Bonchev–Trinajstić information content (AvgIpc) is 2.33. The number of hydrogen-bond donors (Lipinski definition) is 1.